The average molecular weight is 271 g/mol. The van der Waals surface area contributed by atoms with Crippen molar-refractivity contribution in [2.45, 2.75) is 5.51 Å². The molecule has 0 aliphatic heterocycles. The van der Waals surface area contributed by atoms with E-state index in [0.717, 1.165) is 0 Å². The molecule has 0 aliphatic rings. The predicted molar refractivity (Wildman–Crippen MR) is 62.9 cm³/mol. The van der Waals surface area contributed by atoms with E-state index in [2.05, 4.69) is 5.32 Å². The Balaban J connectivity index is 2.40. The lowest BCUT2D eigenvalue weighted by molar-refractivity contribution is -0.0327. The van der Waals surface area contributed by atoms with Crippen LogP contribution in [0.4, 0.5) is 24.5 Å². The van der Waals surface area contributed by atoms with Gasteiger partial charge in [0.25, 0.3) is 0 Å². The smallest absolute Gasteiger partial charge is 0.397 e. The minimum absolute atomic E-state index is 0.0734. The van der Waals surface area contributed by atoms with Crippen molar-refractivity contribution >= 4 is 34.7 Å². The van der Waals surface area contributed by atoms with E-state index in [4.69, 9.17) is 17.3 Å². The minimum Gasteiger partial charge on any atom is -0.397 e. The lowest BCUT2D eigenvalue weighted by Crippen LogP contribution is -2.10. The summed E-state index contributed by atoms with van der Waals surface area (Å²) in [7, 11) is 0. The second-order valence-corrected chi connectivity index (χ2v) is 4.55. The number of anilines is 2. The molecule has 0 fully saturated rings. The van der Waals surface area contributed by atoms with E-state index in [1.54, 1.807) is 18.2 Å². The highest BCUT2D eigenvalue weighted by atomic mass is 35.5. The Kier molecular flexibility index (Phi) is 4.61. The minimum atomic E-state index is -4.19. The second kappa shape index (κ2) is 5.54. The zero-order valence-corrected chi connectivity index (χ0v) is 9.72. The van der Waals surface area contributed by atoms with Crippen molar-refractivity contribution in [2.75, 3.05) is 23.3 Å². The summed E-state index contributed by atoms with van der Waals surface area (Å²) < 4.78 is 35.4. The quantitative estimate of drug-likeness (QED) is 0.649. The maximum Gasteiger partial charge on any atom is 0.441 e. The molecule has 0 aromatic heterocycles. The number of hydrogen-bond donors (Lipinski definition) is 2. The molecule has 3 N–H and O–H groups in total. The van der Waals surface area contributed by atoms with Gasteiger partial charge in [0, 0.05) is 17.3 Å². The third-order valence-electron chi connectivity index (χ3n) is 1.70. The van der Waals surface area contributed by atoms with Gasteiger partial charge in [-0.1, -0.05) is 11.6 Å². The molecule has 0 saturated heterocycles. The fourth-order valence-corrected chi connectivity index (χ4v) is 1.64. The van der Waals surface area contributed by atoms with Crippen LogP contribution in [0.1, 0.15) is 0 Å². The van der Waals surface area contributed by atoms with Crippen LogP contribution in [0.15, 0.2) is 18.2 Å². The van der Waals surface area contributed by atoms with Gasteiger partial charge < -0.3 is 11.1 Å². The average Bonchev–Trinajstić information content (AvgIpc) is 2.16. The molecule has 0 saturated carbocycles. The number of nitrogen functional groups attached to an aromatic ring is 1. The van der Waals surface area contributed by atoms with Crippen LogP contribution in [-0.2, 0) is 0 Å². The molecular formula is C9H10ClF3N2S. The Morgan fingerprint density at radius 2 is 2.06 bits per heavy atom. The summed E-state index contributed by atoms with van der Waals surface area (Å²) in [6, 6.07) is 4.79. The largest absolute Gasteiger partial charge is 0.441 e. The van der Waals surface area contributed by atoms with Crippen molar-refractivity contribution in [1.29, 1.82) is 0 Å². The molecule has 0 radical (unpaired) electrons. The van der Waals surface area contributed by atoms with Crippen LogP contribution in [0.2, 0.25) is 5.02 Å². The zero-order valence-electron chi connectivity index (χ0n) is 8.14. The number of alkyl halides is 3. The third kappa shape index (κ3) is 4.85. The molecule has 0 spiro atoms. The standard InChI is InChI=1S/C9H10ClF3N2S/c10-6-1-2-7(14)8(5-6)15-3-4-16-9(11,12)13/h1-2,5,15H,3-4,14H2. The van der Waals surface area contributed by atoms with Crippen LogP contribution < -0.4 is 11.1 Å². The Morgan fingerprint density at radius 1 is 1.38 bits per heavy atom. The molecule has 1 aromatic rings. The number of thioether (sulfide) groups is 1. The van der Waals surface area contributed by atoms with Crippen molar-refractivity contribution in [2.24, 2.45) is 0 Å². The fraction of sp³-hybridized carbons (Fsp3) is 0.333. The SMILES string of the molecule is Nc1ccc(Cl)cc1NCCSC(F)(F)F. The number of halogens is 4. The topological polar surface area (TPSA) is 38.0 Å². The summed E-state index contributed by atoms with van der Waals surface area (Å²) in [6.45, 7) is 0.175. The van der Waals surface area contributed by atoms with Crippen LogP contribution in [-0.4, -0.2) is 17.8 Å². The maximum atomic E-state index is 11.8. The molecule has 1 aromatic carbocycles. The van der Waals surface area contributed by atoms with E-state index >= 15 is 0 Å². The van der Waals surface area contributed by atoms with Crippen molar-refractivity contribution < 1.29 is 13.2 Å². The highest BCUT2D eigenvalue weighted by Gasteiger charge is 2.27. The van der Waals surface area contributed by atoms with E-state index < -0.39 is 5.51 Å². The molecule has 0 bridgehead atoms. The summed E-state index contributed by atoms with van der Waals surface area (Å²) in [5, 5.41) is 3.28. The number of nitrogens with one attached hydrogen (secondary N) is 1. The molecule has 1 rings (SSSR count). The molecule has 0 aliphatic carbocycles. The van der Waals surface area contributed by atoms with Gasteiger partial charge in [-0.25, -0.2) is 0 Å². The summed E-state index contributed by atoms with van der Waals surface area (Å²) >= 11 is 5.65. The summed E-state index contributed by atoms with van der Waals surface area (Å²) in [4.78, 5) is 0. The molecular weight excluding hydrogens is 261 g/mol. The first kappa shape index (κ1) is 13.3. The first-order valence-electron chi connectivity index (χ1n) is 4.38. The van der Waals surface area contributed by atoms with E-state index in [9.17, 15) is 13.2 Å². The molecule has 0 atom stereocenters. The van der Waals surface area contributed by atoms with E-state index in [0.29, 0.717) is 16.4 Å². The number of benzene rings is 1. The fourth-order valence-electron chi connectivity index (χ4n) is 1.03. The van der Waals surface area contributed by atoms with Crippen molar-refractivity contribution in [1.82, 2.24) is 0 Å². The Bertz CT molecular complexity index is 357. The van der Waals surface area contributed by atoms with Gasteiger partial charge in [-0.15, -0.1) is 0 Å². The molecule has 0 unspecified atom stereocenters. The molecule has 7 heteroatoms. The lowest BCUT2D eigenvalue weighted by Gasteiger charge is -2.10. The molecule has 90 valence electrons. The van der Waals surface area contributed by atoms with Gasteiger partial charge in [0.15, 0.2) is 0 Å². The third-order valence-corrected chi connectivity index (χ3v) is 2.67. The van der Waals surface area contributed by atoms with Crippen molar-refractivity contribution in [3.05, 3.63) is 23.2 Å². The maximum absolute atomic E-state index is 11.8. The Hall–Kier alpha value is -0.750. The number of rotatable bonds is 4. The van der Waals surface area contributed by atoms with Crippen molar-refractivity contribution in [3.8, 4) is 0 Å². The first-order chi connectivity index (χ1) is 7.38. The van der Waals surface area contributed by atoms with Crippen LogP contribution in [0, 0.1) is 0 Å². The number of hydrogen-bond acceptors (Lipinski definition) is 3. The summed E-state index contributed by atoms with van der Waals surface area (Å²) in [5.74, 6) is -0.0740. The Labute approximate surface area is 100 Å². The second-order valence-electron chi connectivity index (χ2n) is 2.95. The highest BCUT2D eigenvalue weighted by molar-refractivity contribution is 8.00. The monoisotopic (exact) mass is 270 g/mol. The highest BCUT2D eigenvalue weighted by Crippen LogP contribution is 2.30. The van der Waals surface area contributed by atoms with Gasteiger partial charge in [-0.2, -0.15) is 13.2 Å². The van der Waals surface area contributed by atoms with Crippen molar-refractivity contribution in [3.63, 3.8) is 0 Å². The Morgan fingerprint density at radius 3 is 2.69 bits per heavy atom. The van der Waals surface area contributed by atoms with E-state index in [-0.39, 0.29) is 24.1 Å². The van der Waals surface area contributed by atoms with E-state index in [1.807, 2.05) is 0 Å². The molecule has 16 heavy (non-hydrogen) atoms. The van der Waals surface area contributed by atoms with Crippen LogP contribution in [0.5, 0.6) is 0 Å². The van der Waals surface area contributed by atoms with Gasteiger partial charge >= 0.3 is 5.51 Å². The van der Waals surface area contributed by atoms with Gasteiger partial charge in [0.1, 0.15) is 0 Å². The predicted octanol–water partition coefficient (Wildman–Crippen LogP) is 3.59. The number of nitrogens with two attached hydrogens (primary N) is 1. The van der Waals surface area contributed by atoms with Gasteiger partial charge in [-0.05, 0) is 30.0 Å². The molecule has 0 amide bonds. The van der Waals surface area contributed by atoms with Crippen LogP contribution >= 0.6 is 23.4 Å². The summed E-state index contributed by atoms with van der Waals surface area (Å²) in [5.41, 5.74) is 2.43. The van der Waals surface area contributed by atoms with Gasteiger partial charge in [0.05, 0.1) is 11.4 Å². The van der Waals surface area contributed by atoms with Crippen LogP contribution in [0.25, 0.3) is 0 Å². The normalized spacial score (nSPS) is 11.5. The summed E-state index contributed by atoms with van der Waals surface area (Å²) in [6.07, 6.45) is 0. The van der Waals surface area contributed by atoms with Gasteiger partial charge in [-0.3, -0.25) is 0 Å². The van der Waals surface area contributed by atoms with Gasteiger partial charge in [0.2, 0.25) is 0 Å². The molecule has 0 heterocycles. The van der Waals surface area contributed by atoms with E-state index in [1.165, 1.54) is 0 Å². The zero-order chi connectivity index (χ0) is 12.2. The molecule has 2 nitrogen and oxygen atoms in total. The lowest BCUT2D eigenvalue weighted by atomic mass is 10.3. The van der Waals surface area contributed by atoms with Crippen LogP contribution in [0.3, 0.4) is 0 Å². The first-order valence-corrected chi connectivity index (χ1v) is 5.74.